The van der Waals surface area contributed by atoms with Crippen LogP contribution in [0.1, 0.15) is 30.4 Å². The van der Waals surface area contributed by atoms with E-state index >= 15 is 0 Å². The van der Waals surface area contributed by atoms with Crippen molar-refractivity contribution in [3.8, 4) is 0 Å². The highest BCUT2D eigenvalue weighted by molar-refractivity contribution is 5.85. The van der Waals surface area contributed by atoms with Crippen molar-refractivity contribution in [3.63, 3.8) is 0 Å². The van der Waals surface area contributed by atoms with Gasteiger partial charge in [0.05, 0.1) is 0 Å². The lowest BCUT2D eigenvalue weighted by atomic mass is 9.93. The van der Waals surface area contributed by atoms with E-state index in [2.05, 4.69) is 0 Å². The molecule has 0 bridgehead atoms. The standard InChI is InChI=1S/C17H22N2O4/c1-18(2)15(20)8-5-9-16(21)19-11-13-7-4-3-6-12(13)10-14(19)17(22)23/h3-4,6-7,14H,5,8-11H2,1-2H3,(H,22,23). The molecule has 1 aromatic carbocycles. The summed E-state index contributed by atoms with van der Waals surface area (Å²) in [6, 6.07) is 6.76. The second kappa shape index (κ2) is 7.26. The summed E-state index contributed by atoms with van der Waals surface area (Å²) >= 11 is 0. The number of carboxylic acids is 1. The lowest BCUT2D eigenvalue weighted by Gasteiger charge is -2.34. The Labute approximate surface area is 135 Å². The number of hydrogen-bond donors (Lipinski definition) is 1. The molecule has 1 N–H and O–H groups in total. The van der Waals surface area contributed by atoms with Gasteiger partial charge in [-0.3, -0.25) is 9.59 Å². The number of carbonyl (C=O) groups is 3. The van der Waals surface area contributed by atoms with E-state index < -0.39 is 12.0 Å². The fraction of sp³-hybridized carbons (Fsp3) is 0.471. The smallest absolute Gasteiger partial charge is 0.326 e. The summed E-state index contributed by atoms with van der Waals surface area (Å²) in [5, 5.41) is 9.41. The zero-order valence-electron chi connectivity index (χ0n) is 13.5. The Kier molecular flexibility index (Phi) is 5.36. The van der Waals surface area contributed by atoms with E-state index in [1.54, 1.807) is 14.1 Å². The Hall–Kier alpha value is -2.37. The Morgan fingerprint density at radius 2 is 1.83 bits per heavy atom. The summed E-state index contributed by atoms with van der Waals surface area (Å²) in [4.78, 5) is 38.4. The third-order valence-corrected chi connectivity index (χ3v) is 4.13. The van der Waals surface area contributed by atoms with Gasteiger partial charge in [-0.25, -0.2) is 4.79 Å². The molecule has 1 atom stereocenters. The summed E-state index contributed by atoms with van der Waals surface area (Å²) in [5.74, 6) is -1.23. The lowest BCUT2D eigenvalue weighted by molar-refractivity contribution is -0.151. The molecule has 1 aliphatic heterocycles. The quantitative estimate of drug-likeness (QED) is 0.887. The molecular formula is C17H22N2O4. The molecule has 0 saturated heterocycles. The highest BCUT2D eigenvalue weighted by atomic mass is 16.4. The zero-order valence-corrected chi connectivity index (χ0v) is 13.5. The maximum absolute atomic E-state index is 12.4. The summed E-state index contributed by atoms with van der Waals surface area (Å²) < 4.78 is 0. The molecule has 0 aliphatic carbocycles. The summed E-state index contributed by atoms with van der Waals surface area (Å²) in [6.45, 7) is 0.313. The van der Waals surface area contributed by atoms with Gasteiger partial charge in [-0.15, -0.1) is 0 Å². The predicted octanol–water partition coefficient (Wildman–Crippen LogP) is 1.28. The van der Waals surface area contributed by atoms with Crippen molar-refractivity contribution in [1.82, 2.24) is 9.80 Å². The SMILES string of the molecule is CN(C)C(=O)CCCC(=O)N1Cc2ccccc2CC1C(=O)O. The highest BCUT2D eigenvalue weighted by Gasteiger charge is 2.34. The highest BCUT2D eigenvalue weighted by Crippen LogP contribution is 2.24. The van der Waals surface area contributed by atoms with Gasteiger partial charge in [-0.05, 0) is 17.5 Å². The largest absolute Gasteiger partial charge is 0.480 e. The predicted molar refractivity (Wildman–Crippen MR) is 84.7 cm³/mol. The second-order valence-electron chi connectivity index (χ2n) is 5.99. The van der Waals surface area contributed by atoms with Crippen LogP contribution in [0.2, 0.25) is 0 Å². The molecule has 2 rings (SSSR count). The van der Waals surface area contributed by atoms with Gasteiger partial charge in [-0.1, -0.05) is 24.3 Å². The maximum atomic E-state index is 12.4. The van der Waals surface area contributed by atoms with E-state index in [1.807, 2.05) is 24.3 Å². The van der Waals surface area contributed by atoms with Crippen LogP contribution in [0.25, 0.3) is 0 Å². The number of aliphatic carboxylic acids is 1. The molecule has 0 aromatic heterocycles. The molecule has 1 heterocycles. The van der Waals surface area contributed by atoms with E-state index in [0.717, 1.165) is 11.1 Å². The first-order valence-electron chi connectivity index (χ1n) is 7.69. The molecule has 124 valence electrons. The Bertz CT molecular complexity index is 612. The van der Waals surface area contributed by atoms with Crippen molar-refractivity contribution in [2.24, 2.45) is 0 Å². The van der Waals surface area contributed by atoms with Gasteiger partial charge in [-0.2, -0.15) is 0 Å². The third kappa shape index (κ3) is 4.09. The Morgan fingerprint density at radius 1 is 1.17 bits per heavy atom. The molecule has 0 saturated carbocycles. The maximum Gasteiger partial charge on any atom is 0.326 e. The number of fused-ring (bicyclic) bond motifs is 1. The fourth-order valence-electron chi connectivity index (χ4n) is 2.76. The van der Waals surface area contributed by atoms with Crippen LogP contribution in [-0.2, 0) is 27.3 Å². The molecule has 1 aromatic rings. The topological polar surface area (TPSA) is 77.9 Å². The number of benzene rings is 1. The van der Waals surface area contributed by atoms with Crippen molar-refractivity contribution in [3.05, 3.63) is 35.4 Å². The molecule has 1 unspecified atom stereocenters. The number of carbonyl (C=O) groups excluding carboxylic acids is 2. The van der Waals surface area contributed by atoms with Crippen molar-refractivity contribution < 1.29 is 19.5 Å². The minimum atomic E-state index is -0.989. The molecular weight excluding hydrogens is 296 g/mol. The molecule has 6 heteroatoms. The second-order valence-corrected chi connectivity index (χ2v) is 5.99. The van der Waals surface area contributed by atoms with E-state index in [1.165, 1.54) is 9.80 Å². The van der Waals surface area contributed by atoms with Crippen LogP contribution in [0, 0.1) is 0 Å². The van der Waals surface area contributed by atoms with Crippen LogP contribution < -0.4 is 0 Å². The van der Waals surface area contributed by atoms with Crippen LogP contribution in [0.4, 0.5) is 0 Å². The molecule has 1 aliphatic rings. The van der Waals surface area contributed by atoms with Crippen LogP contribution >= 0.6 is 0 Å². The molecule has 23 heavy (non-hydrogen) atoms. The number of carboxylic acid groups (broad SMARTS) is 1. The summed E-state index contributed by atoms with van der Waals surface area (Å²) in [6.07, 6.45) is 1.24. The first-order chi connectivity index (χ1) is 10.9. The first kappa shape index (κ1) is 17.0. The minimum Gasteiger partial charge on any atom is -0.480 e. The lowest BCUT2D eigenvalue weighted by Crippen LogP contribution is -2.48. The normalized spacial score (nSPS) is 16.6. The van der Waals surface area contributed by atoms with E-state index in [4.69, 9.17) is 0 Å². The van der Waals surface area contributed by atoms with Gasteiger partial charge < -0.3 is 14.9 Å². The van der Waals surface area contributed by atoms with Crippen LogP contribution in [0.5, 0.6) is 0 Å². The van der Waals surface area contributed by atoms with Gasteiger partial charge in [0, 0.05) is 39.9 Å². The first-order valence-corrected chi connectivity index (χ1v) is 7.69. The molecule has 6 nitrogen and oxygen atoms in total. The van der Waals surface area contributed by atoms with Gasteiger partial charge in [0.25, 0.3) is 0 Å². The molecule has 0 fully saturated rings. The Balaban J connectivity index is 2.03. The van der Waals surface area contributed by atoms with Crippen molar-refractivity contribution in [2.45, 2.75) is 38.3 Å². The fourth-order valence-corrected chi connectivity index (χ4v) is 2.76. The molecule has 0 radical (unpaired) electrons. The number of nitrogens with zero attached hydrogens (tertiary/aromatic N) is 2. The minimum absolute atomic E-state index is 0.0309. The van der Waals surface area contributed by atoms with Crippen molar-refractivity contribution in [1.29, 1.82) is 0 Å². The van der Waals surface area contributed by atoms with E-state index in [9.17, 15) is 19.5 Å². The Morgan fingerprint density at radius 3 is 2.43 bits per heavy atom. The molecule has 2 amide bonds. The van der Waals surface area contributed by atoms with Gasteiger partial charge in [0.15, 0.2) is 0 Å². The number of amides is 2. The summed E-state index contributed by atoms with van der Waals surface area (Å²) in [7, 11) is 3.35. The van der Waals surface area contributed by atoms with E-state index in [0.29, 0.717) is 25.8 Å². The zero-order chi connectivity index (χ0) is 17.0. The van der Waals surface area contributed by atoms with Gasteiger partial charge in [0.1, 0.15) is 6.04 Å². The average molecular weight is 318 g/mol. The monoisotopic (exact) mass is 318 g/mol. The number of rotatable bonds is 5. The van der Waals surface area contributed by atoms with Gasteiger partial charge >= 0.3 is 5.97 Å². The van der Waals surface area contributed by atoms with Gasteiger partial charge in [0.2, 0.25) is 11.8 Å². The van der Waals surface area contributed by atoms with Crippen LogP contribution in [-0.4, -0.2) is 52.8 Å². The number of hydrogen-bond acceptors (Lipinski definition) is 3. The summed E-state index contributed by atoms with van der Waals surface area (Å²) in [5.41, 5.74) is 1.97. The van der Waals surface area contributed by atoms with Crippen LogP contribution in [0.3, 0.4) is 0 Å². The third-order valence-electron chi connectivity index (χ3n) is 4.13. The molecule has 0 spiro atoms. The van der Waals surface area contributed by atoms with Crippen molar-refractivity contribution >= 4 is 17.8 Å². The van der Waals surface area contributed by atoms with Crippen molar-refractivity contribution in [2.75, 3.05) is 14.1 Å². The van der Waals surface area contributed by atoms with E-state index in [-0.39, 0.29) is 18.2 Å². The van der Waals surface area contributed by atoms with Crippen LogP contribution in [0.15, 0.2) is 24.3 Å². The average Bonchev–Trinajstić information content (AvgIpc) is 2.53.